The zero-order valence-electron chi connectivity index (χ0n) is 23.4. The number of rotatable bonds is 9. The molecule has 1 fully saturated rings. The van der Waals surface area contributed by atoms with Crippen molar-refractivity contribution < 1.29 is 41.0 Å². The highest BCUT2D eigenvalue weighted by Gasteiger charge is 2.67. The summed E-state index contributed by atoms with van der Waals surface area (Å²) >= 11 is 0. The molecular weight excluding hydrogens is 618 g/mol. The van der Waals surface area contributed by atoms with Crippen LogP contribution in [0.3, 0.4) is 0 Å². The highest BCUT2D eigenvalue weighted by molar-refractivity contribution is 5.90. The first-order valence-corrected chi connectivity index (χ1v) is 14.1. The second-order valence-corrected chi connectivity index (χ2v) is 11.4. The molecule has 46 heavy (non-hydrogen) atoms. The Hall–Kier alpha value is -5.21. The molecule has 0 bridgehead atoms. The summed E-state index contributed by atoms with van der Waals surface area (Å²) in [5.74, 6) is -9.23. The minimum absolute atomic E-state index is 0.0534. The Labute approximate surface area is 255 Å². The predicted octanol–water partition coefficient (Wildman–Crippen LogP) is 6.04. The smallest absolute Gasteiger partial charge is 0.335 e. The number of nitrogens with one attached hydrogen (secondary N) is 2. The minimum Gasteiger partial charge on any atom is -0.478 e. The number of aromatic amines is 1. The first kappa shape index (κ1) is 29.5. The summed E-state index contributed by atoms with van der Waals surface area (Å²) in [7, 11) is 0. The number of benzene rings is 2. The number of carbonyl (C=O) groups excluding carboxylic acids is 1. The van der Waals surface area contributed by atoms with E-state index in [-0.39, 0.29) is 35.2 Å². The number of alkyl halides is 4. The number of amides is 1. The van der Waals surface area contributed by atoms with E-state index in [1.54, 1.807) is 12.1 Å². The van der Waals surface area contributed by atoms with Gasteiger partial charge in [0.25, 0.3) is 12.3 Å². The molecule has 3 atom stereocenters. The molecule has 2 aliphatic carbocycles. The van der Waals surface area contributed by atoms with E-state index in [9.17, 15) is 32.3 Å². The molecule has 7 rings (SSSR count). The molecule has 1 saturated carbocycles. The number of aromatic nitrogens is 5. The number of hydrogen-bond donors (Lipinski definition) is 3. The number of fused-ring (bicyclic) bond motifs is 4. The highest BCUT2D eigenvalue weighted by atomic mass is 19.3. The number of carboxylic acid groups (broad SMARTS) is 1. The van der Waals surface area contributed by atoms with Crippen molar-refractivity contribution >= 4 is 22.9 Å². The number of aromatic carboxylic acids is 1. The van der Waals surface area contributed by atoms with Crippen LogP contribution >= 0.6 is 0 Å². The fraction of sp³-hybridized carbons (Fsp3) is 0.258. The average Bonchev–Trinajstić information content (AvgIpc) is 3.40. The Balaban J connectivity index is 1.31. The van der Waals surface area contributed by atoms with Gasteiger partial charge in [-0.15, -0.1) is 0 Å². The molecule has 0 unspecified atom stereocenters. The molecule has 0 saturated heterocycles. The molecule has 3 heterocycles. The van der Waals surface area contributed by atoms with Gasteiger partial charge in [-0.05, 0) is 60.2 Å². The maximum atomic E-state index is 15.1. The molecule has 0 aliphatic heterocycles. The number of halogens is 6. The average molecular weight is 641 g/mol. The van der Waals surface area contributed by atoms with Gasteiger partial charge >= 0.3 is 5.97 Å². The summed E-state index contributed by atoms with van der Waals surface area (Å²) < 4.78 is 86.9. The Morgan fingerprint density at radius 3 is 2.57 bits per heavy atom. The van der Waals surface area contributed by atoms with Crippen molar-refractivity contribution in [2.24, 2.45) is 5.92 Å². The van der Waals surface area contributed by atoms with Gasteiger partial charge in [0.1, 0.15) is 35.1 Å². The monoisotopic (exact) mass is 640 g/mol. The Morgan fingerprint density at radius 1 is 1.09 bits per heavy atom. The lowest BCUT2D eigenvalue weighted by Crippen LogP contribution is -2.35. The van der Waals surface area contributed by atoms with Crippen LogP contribution in [0.1, 0.15) is 63.4 Å². The van der Waals surface area contributed by atoms with Crippen molar-refractivity contribution in [2.45, 2.75) is 43.7 Å². The number of nitrogens with zero attached hydrogens (tertiary/aromatic N) is 4. The summed E-state index contributed by atoms with van der Waals surface area (Å²) in [4.78, 5) is 29.9. The maximum Gasteiger partial charge on any atom is 0.335 e. The van der Waals surface area contributed by atoms with Gasteiger partial charge in [-0.1, -0.05) is 12.1 Å². The third-order valence-corrected chi connectivity index (χ3v) is 8.36. The zero-order chi connectivity index (χ0) is 32.5. The Morgan fingerprint density at radius 2 is 1.85 bits per heavy atom. The molecule has 2 aromatic carbocycles. The lowest BCUT2D eigenvalue weighted by Gasteiger charge is -2.23. The molecule has 236 valence electrons. The van der Waals surface area contributed by atoms with Crippen molar-refractivity contribution in [3.05, 3.63) is 100 Å². The number of carbonyl (C=O) groups is 2. The summed E-state index contributed by atoms with van der Waals surface area (Å²) in [6.07, 6.45) is -1.93. The van der Waals surface area contributed by atoms with Crippen molar-refractivity contribution in [3.8, 4) is 11.1 Å². The topological polar surface area (TPSA) is 126 Å². The van der Waals surface area contributed by atoms with E-state index in [4.69, 9.17) is 0 Å². The predicted molar refractivity (Wildman–Crippen MR) is 149 cm³/mol. The van der Waals surface area contributed by atoms with Gasteiger partial charge in [0.15, 0.2) is 0 Å². The van der Waals surface area contributed by atoms with E-state index in [0.29, 0.717) is 32.9 Å². The second kappa shape index (κ2) is 10.7. The van der Waals surface area contributed by atoms with E-state index in [0.717, 1.165) is 12.1 Å². The Bertz CT molecular complexity index is 2020. The van der Waals surface area contributed by atoms with Crippen LogP contribution in [0.4, 0.5) is 26.3 Å². The van der Waals surface area contributed by atoms with Crippen LogP contribution in [0.2, 0.25) is 0 Å². The number of H-pyrrole nitrogens is 1. The van der Waals surface area contributed by atoms with Crippen LogP contribution in [0.25, 0.3) is 22.2 Å². The lowest BCUT2D eigenvalue weighted by molar-refractivity contribution is -0.123. The van der Waals surface area contributed by atoms with Crippen LogP contribution in [-0.4, -0.2) is 41.9 Å². The standard InChI is InChI=1S/C31H22F6N6O3/c32-16-4-13(5-17(33)8-16)6-22(26-18(10-21-23(40-26)11-38-41-21)14-2-1-3-15(7-14)30(45)46)39-24(44)12-43-28-25(27(42-43)29(34)35)19-9-20(19)31(28,36)37/h1-5,7-8,10-11,19-20,22,29H,6,9,12H2,(H,38,41)(H,39,44)(H,45,46)/t19-,20+,22-/m0/s1. The van der Waals surface area contributed by atoms with Gasteiger partial charge in [-0.25, -0.2) is 27.3 Å². The van der Waals surface area contributed by atoms with Crippen molar-refractivity contribution in [1.82, 2.24) is 30.3 Å². The van der Waals surface area contributed by atoms with Crippen LogP contribution in [-0.2, 0) is 23.7 Å². The van der Waals surface area contributed by atoms with Crippen molar-refractivity contribution in [1.29, 1.82) is 0 Å². The fourth-order valence-electron chi connectivity index (χ4n) is 6.34. The fourth-order valence-corrected chi connectivity index (χ4v) is 6.34. The summed E-state index contributed by atoms with van der Waals surface area (Å²) in [6.45, 7) is -0.851. The molecule has 3 aromatic heterocycles. The summed E-state index contributed by atoms with van der Waals surface area (Å²) in [5, 5.41) is 22.7. The third-order valence-electron chi connectivity index (χ3n) is 8.36. The molecule has 1 amide bonds. The molecule has 9 nitrogen and oxygen atoms in total. The molecule has 0 radical (unpaired) electrons. The van der Waals surface area contributed by atoms with Crippen LogP contribution in [0.15, 0.2) is 54.7 Å². The first-order chi connectivity index (χ1) is 21.9. The van der Waals surface area contributed by atoms with Crippen LogP contribution in [0.5, 0.6) is 0 Å². The van der Waals surface area contributed by atoms with Gasteiger partial charge in [-0.3, -0.25) is 14.6 Å². The van der Waals surface area contributed by atoms with Gasteiger partial charge in [0, 0.05) is 23.1 Å². The molecule has 5 aromatic rings. The van der Waals surface area contributed by atoms with Crippen molar-refractivity contribution in [2.75, 3.05) is 0 Å². The summed E-state index contributed by atoms with van der Waals surface area (Å²) in [6, 6.07) is 9.04. The third kappa shape index (κ3) is 5.04. The van der Waals surface area contributed by atoms with E-state index >= 15 is 8.78 Å². The van der Waals surface area contributed by atoms with Crippen LogP contribution in [0, 0.1) is 17.6 Å². The second-order valence-electron chi connectivity index (χ2n) is 11.4. The largest absolute Gasteiger partial charge is 0.478 e. The molecule has 3 N–H and O–H groups in total. The normalized spacial score (nSPS) is 18.4. The number of carboxylic acids is 1. The quantitative estimate of drug-likeness (QED) is 0.169. The van der Waals surface area contributed by atoms with E-state index < -0.39 is 71.7 Å². The van der Waals surface area contributed by atoms with E-state index in [1.807, 2.05) is 0 Å². The van der Waals surface area contributed by atoms with Gasteiger partial charge in [0.2, 0.25) is 5.91 Å². The molecular formula is C31H22F6N6O3. The van der Waals surface area contributed by atoms with Gasteiger partial charge in [0.05, 0.1) is 29.0 Å². The Kier molecular flexibility index (Phi) is 6.86. The van der Waals surface area contributed by atoms with E-state index in [1.165, 1.54) is 24.4 Å². The summed E-state index contributed by atoms with van der Waals surface area (Å²) in [5.41, 5.74) is -0.0493. The lowest BCUT2D eigenvalue weighted by atomic mass is 9.94. The molecule has 0 spiro atoms. The number of pyridine rings is 1. The minimum atomic E-state index is -3.45. The maximum absolute atomic E-state index is 15.1. The SMILES string of the molecule is O=C(Cn1nc(C(F)F)c2c1C(F)(F)[C@@H]1C[C@H]21)N[C@@H](Cc1cc(F)cc(F)c1)c1nc2cn[nH]c2cc1-c1cccc(C(=O)O)c1. The van der Waals surface area contributed by atoms with Crippen molar-refractivity contribution in [3.63, 3.8) is 0 Å². The van der Waals surface area contributed by atoms with Gasteiger partial charge < -0.3 is 10.4 Å². The zero-order valence-corrected chi connectivity index (χ0v) is 23.4. The van der Waals surface area contributed by atoms with Gasteiger partial charge in [-0.2, -0.15) is 19.0 Å². The molecule has 15 heteroatoms. The van der Waals surface area contributed by atoms with Crippen LogP contribution < -0.4 is 5.32 Å². The first-order valence-electron chi connectivity index (χ1n) is 14.1. The van der Waals surface area contributed by atoms with E-state index in [2.05, 4.69) is 25.6 Å². The highest BCUT2D eigenvalue weighted by Crippen LogP contribution is 2.68. The molecule has 2 aliphatic rings. The number of hydrogen-bond acceptors (Lipinski definition) is 5.